The van der Waals surface area contributed by atoms with Gasteiger partial charge < -0.3 is 19.5 Å². The molecule has 2 heterocycles. The van der Waals surface area contributed by atoms with Crippen LogP contribution in [0.25, 0.3) is 11.3 Å². The molecule has 1 amide bonds. The van der Waals surface area contributed by atoms with Crippen molar-refractivity contribution in [3.05, 3.63) is 35.6 Å². The minimum Gasteiger partial charge on any atom is -0.477 e. The third-order valence-corrected chi connectivity index (χ3v) is 4.45. The van der Waals surface area contributed by atoms with Gasteiger partial charge in [0.2, 0.25) is 5.88 Å². The van der Waals surface area contributed by atoms with Gasteiger partial charge in [-0.2, -0.15) is 5.10 Å². The SMILES string of the molecule is CCN(C(=O)OC(C)(C)C)C1COc2c(C(=O)O)c(-c3ccccc3F)nn2C1. The number of carboxylic acid groups (broad SMARTS) is 1. The molecule has 0 spiro atoms. The Morgan fingerprint density at radius 2 is 2.07 bits per heavy atom. The van der Waals surface area contributed by atoms with Gasteiger partial charge >= 0.3 is 12.1 Å². The van der Waals surface area contributed by atoms with Crippen molar-refractivity contribution in [2.75, 3.05) is 13.2 Å². The number of hydrogen-bond acceptors (Lipinski definition) is 5. The lowest BCUT2D eigenvalue weighted by molar-refractivity contribution is 0.00417. The number of amides is 1. The molecule has 1 aliphatic rings. The van der Waals surface area contributed by atoms with Crippen LogP contribution in [0.4, 0.5) is 9.18 Å². The van der Waals surface area contributed by atoms with Crippen LogP contribution in [0.5, 0.6) is 5.88 Å². The van der Waals surface area contributed by atoms with Gasteiger partial charge in [-0.15, -0.1) is 0 Å². The summed E-state index contributed by atoms with van der Waals surface area (Å²) in [6.45, 7) is 7.82. The summed E-state index contributed by atoms with van der Waals surface area (Å²) in [5.41, 5.74) is -0.780. The quantitative estimate of drug-likeness (QED) is 0.838. The largest absolute Gasteiger partial charge is 0.477 e. The Balaban J connectivity index is 1.94. The second-order valence-electron chi connectivity index (χ2n) is 7.73. The molecule has 156 valence electrons. The summed E-state index contributed by atoms with van der Waals surface area (Å²) in [7, 11) is 0. The molecule has 0 aliphatic carbocycles. The molecule has 0 fully saturated rings. The number of rotatable bonds is 4. The molecule has 1 N–H and O–H groups in total. The van der Waals surface area contributed by atoms with Gasteiger partial charge in [0, 0.05) is 12.1 Å². The number of carboxylic acids is 1. The van der Waals surface area contributed by atoms with E-state index in [-0.39, 0.29) is 35.9 Å². The van der Waals surface area contributed by atoms with Crippen LogP contribution in [-0.4, -0.2) is 56.6 Å². The summed E-state index contributed by atoms with van der Waals surface area (Å²) in [5.74, 6) is -1.79. The lowest BCUT2D eigenvalue weighted by atomic mass is 10.1. The normalized spacial score (nSPS) is 16.0. The predicted octanol–water partition coefficient (Wildman–Crippen LogP) is 3.41. The van der Waals surface area contributed by atoms with Crippen LogP contribution < -0.4 is 4.74 Å². The highest BCUT2D eigenvalue weighted by Gasteiger charge is 2.36. The lowest BCUT2D eigenvalue weighted by Crippen LogP contribution is -2.49. The molecule has 0 radical (unpaired) electrons. The van der Waals surface area contributed by atoms with Gasteiger partial charge in [-0.05, 0) is 39.8 Å². The van der Waals surface area contributed by atoms with Crippen molar-refractivity contribution in [3.63, 3.8) is 0 Å². The Morgan fingerprint density at radius 1 is 1.38 bits per heavy atom. The molecule has 0 bridgehead atoms. The summed E-state index contributed by atoms with van der Waals surface area (Å²) in [5, 5.41) is 14.0. The van der Waals surface area contributed by atoms with Crippen LogP contribution in [0.15, 0.2) is 24.3 Å². The number of carbonyl (C=O) groups excluding carboxylic acids is 1. The predicted molar refractivity (Wildman–Crippen MR) is 102 cm³/mol. The van der Waals surface area contributed by atoms with Crippen LogP contribution in [0.2, 0.25) is 0 Å². The molecule has 0 saturated heterocycles. The summed E-state index contributed by atoms with van der Waals surface area (Å²) in [6.07, 6.45) is -0.489. The van der Waals surface area contributed by atoms with E-state index in [1.807, 2.05) is 6.92 Å². The summed E-state index contributed by atoms with van der Waals surface area (Å²) in [6, 6.07) is 5.42. The van der Waals surface area contributed by atoms with Gasteiger partial charge in [0.1, 0.15) is 29.3 Å². The summed E-state index contributed by atoms with van der Waals surface area (Å²) < 4.78 is 26.7. The van der Waals surface area contributed by atoms with Crippen molar-refractivity contribution in [3.8, 4) is 17.1 Å². The summed E-state index contributed by atoms with van der Waals surface area (Å²) in [4.78, 5) is 25.9. The number of ether oxygens (including phenoxy) is 2. The molecule has 8 nitrogen and oxygen atoms in total. The monoisotopic (exact) mass is 405 g/mol. The Bertz CT molecular complexity index is 935. The fraction of sp³-hybridized carbons (Fsp3) is 0.450. The first-order valence-corrected chi connectivity index (χ1v) is 9.33. The third-order valence-electron chi connectivity index (χ3n) is 4.45. The molecule has 9 heteroatoms. The van der Waals surface area contributed by atoms with Crippen LogP contribution in [-0.2, 0) is 11.3 Å². The fourth-order valence-electron chi connectivity index (χ4n) is 3.22. The second kappa shape index (κ2) is 7.73. The topological polar surface area (TPSA) is 93.9 Å². The zero-order valence-electron chi connectivity index (χ0n) is 16.8. The Morgan fingerprint density at radius 3 is 2.66 bits per heavy atom. The summed E-state index contributed by atoms with van der Waals surface area (Å²) >= 11 is 0. The van der Waals surface area contributed by atoms with Crippen molar-refractivity contribution in [1.29, 1.82) is 0 Å². The Kier molecular flexibility index (Phi) is 5.50. The number of likely N-dealkylation sites (N-methyl/N-ethyl adjacent to an activating group) is 1. The zero-order chi connectivity index (χ0) is 21.3. The molecule has 1 aromatic heterocycles. The maximum Gasteiger partial charge on any atom is 0.410 e. The number of benzene rings is 1. The van der Waals surface area contributed by atoms with E-state index < -0.39 is 29.5 Å². The van der Waals surface area contributed by atoms with E-state index in [4.69, 9.17) is 9.47 Å². The average Bonchev–Trinajstić information content (AvgIpc) is 3.00. The van der Waals surface area contributed by atoms with Crippen LogP contribution in [0, 0.1) is 5.82 Å². The number of hydrogen-bond donors (Lipinski definition) is 1. The second-order valence-corrected chi connectivity index (χ2v) is 7.73. The lowest BCUT2D eigenvalue weighted by Gasteiger charge is -2.34. The van der Waals surface area contributed by atoms with E-state index in [1.165, 1.54) is 27.8 Å². The molecular formula is C20H24FN3O5. The fourth-order valence-corrected chi connectivity index (χ4v) is 3.22. The van der Waals surface area contributed by atoms with Gasteiger partial charge in [-0.3, -0.25) is 0 Å². The number of aromatic carboxylic acids is 1. The number of nitrogens with zero attached hydrogens (tertiary/aromatic N) is 3. The molecule has 1 unspecified atom stereocenters. The Hall–Kier alpha value is -3.10. The van der Waals surface area contributed by atoms with E-state index in [2.05, 4.69) is 5.10 Å². The van der Waals surface area contributed by atoms with Gasteiger partial charge in [0.15, 0.2) is 0 Å². The Labute approximate surface area is 167 Å². The van der Waals surface area contributed by atoms with Crippen molar-refractivity contribution in [2.45, 2.75) is 45.9 Å². The van der Waals surface area contributed by atoms with Crippen molar-refractivity contribution >= 4 is 12.1 Å². The van der Waals surface area contributed by atoms with Crippen LogP contribution in [0.3, 0.4) is 0 Å². The molecule has 1 aliphatic heterocycles. The first-order chi connectivity index (χ1) is 13.6. The van der Waals surface area contributed by atoms with Crippen molar-refractivity contribution in [1.82, 2.24) is 14.7 Å². The number of fused-ring (bicyclic) bond motifs is 1. The standard InChI is InChI=1S/C20H24FN3O5/c1-5-23(19(27)29-20(2,3)4)12-10-24-17(28-11-12)15(18(25)26)16(22-24)13-8-6-7-9-14(13)21/h6-9,12H,5,10-11H2,1-4H3,(H,25,26). The van der Waals surface area contributed by atoms with Crippen molar-refractivity contribution < 1.29 is 28.6 Å². The minimum absolute atomic E-state index is 0.00781. The van der Waals surface area contributed by atoms with E-state index in [9.17, 15) is 19.1 Å². The number of carbonyl (C=O) groups is 2. The zero-order valence-corrected chi connectivity index (χ0v) is 16.8. The highest BCUT2D eigenvalue weighted by atomic mass is 19.1. The molecule has 2 aromatic rings. The van der Waals surface area contributed by atoms with Crippen LogP contribution in [0.1, 0.15) is 38.1 Å². The van der Waals surface area contributed by atoms with Gasteiger partial charge in [-0.25, -0.2) is 18.7 Å². The smallest absolute Gasteiger partial charge is 0.410 e. The molecule has 29 heavy (non-hydrogen) atoms. The van der Waals surface area contributed by atoms with E-state index in [1.54, 1.807) is 26.8 Å². The average molecular weight is 405 g/mol. The molecule has 1 atom stereocenters. The van der Waals surface area contributed by atoms with E-state index in [0.717, 1.165) is 0 Å². The van der Waals surface area contributed by atoms with Gasteiger partial charge in [0.05, 0.1) is 12.6 Å². The molecular weight excluding hydrogens is 381 g/mol. The highest BCUT2D eigenvalue weighted by molar-refractivity contribution is 5.97. The number of halogens is 1. The van der Waals surface area contributed by atoms with Gasteiger partial charge in [-0.1, -0.05) is 12.1 Å². The van der Waals surface area contributed by atoms with Crippen molar-refractivity contribution in [2.24, 2.45) is 0 Å². The first kappa shape index (κ1) is 20.6. The minimum atomic E-state index is -1.26. The molecule has 0 saturated carbocycles. The molecule has 3 rings (SSSR count). The maximum absolute atomic E-state index is 14.3. The first-order valence-electron chi connectivity index (χ1n) is 9.33. The number of aromatic nitrogens is 2. The van der Waals surface area contributed by atoms with Gasteiger partial charge in [0.25, 0.3) is 0 Å². The molecule has 1 aromatic carbocycles. The van der Waals surface area contributed by atoms with E-state index >= 15 is 0 Å². The van der Waals surface area contributed by atoms with Crippen LogP contribution >= 0.6 is 0 Å². The highest BCUT2D eigenvalue weighted by Crippen LogP contribution is 2.34. The third kappa shape index (κ3) is 4.18. The van der Waals surface area contributed by atoms with E-state index in [0.29, 0.717) is 6.54 Å². The maximum atomic E-state index is 14.3.